The minimum Gasteiger partial charge on any atom is -0.293 e. The number of ketones is 2. The summed E-state index contributed by atoms with van der Waals surface area (Å²) in [4.78, 5) is 25.3. The van der Waals surface area contributed by atoms with Gasteiger partial charge in [0.2, 0.25) is 0 Å². The largest absolute Gasteiger partial charge is 0.293 e. The summed E-state index contributed by atoms with van der Waals surface area (Å²) in [6, 6.07) is 7.31. The van der Waals surface area contributed by atoms with Crippen LogP contribution >= 0.6 is 22.7 Å². The Kier molecular flexibility index (Phi) is 3.86. The van der Waals surface area contributed by atoms with Crippen molar-refractivity contribution in [2.24, 2.45) is 5.92 Å². The monoisotopic (exact) mass is 264 g/mol. The van der Waals surface area contributed by atoms with Crippen molar-refractivity contribution in [2.45, 2.75) is 13.3 Å². The van der Waals surface area contributed by atoms with Gasteiger partial charge in [0.1, 0.15) is 0 Å². The summed E-state index contributed by atoms with van der Waals surface area (Å²) >= 11 is 2.85. The van der Waals surface area contributed by atoms with Gasteiger partial charge in [-0.2, -0.15) is 0 Å². The second-order valence-electron chi connectivity index (χ2n) is 3.85. The molecule has 0 fully saturated rings. The van der Waals surface area contributed by atoms with Crippen LogP contribution in [0.3, 0.4) is 0 Å². The molecule has 0 saturated heterocycles. The van der Waals surface area contributed by atoms with Crippen molar-refractivity contribution in [3.8, 4) is 0 Å². The molecule has 2 rings (SSSR count). The van der Waals surface area contributed by atoms with Gasteiger partial charge in [0.15, 0.2) is 11.6 Å². The molecule has 1 atom stereocenters. The van der Waals surface area contributed by atoms with E-state index in [1.807, 2.05) is 29.8 Å². The van der Waals surface area contributed by atoms with Gasteiger partial charge in [-0.1, -0.05) is 19.1 Å². The fourth-order valence-electron chi connectivity index (χ4n) is 1.57. The lowest BCUT2D eigenvalue weighted by Gasteiger charge is -2.07. The molecule has 0 aliphatic heterocycles. The highest BCUT2D eigenvalue weighted by molar-refractivity contribution is 7.12. The SMILES string of the molecule is C[C@H](CC(=O)c1cccs1)C(=O)c1cccs1. The number of rotatable bonds is 5. The van der Waals surface area contributed by atoms with Crippen LogP contribution in [0.2, 0.25) is 0 Å². The van der Waals surface area contributed by atoms with E-state index in [-0.39, 0.29) is 23.9 Å². The van der Waals surface area contributed by atoms with Crippen molar-refractivity contribution in [3.63, 3.8) is 0 Å². The average Bonchev–Trinajstić information content (AvgIpc) is 3.00. The van der Waals surface area contributed by atoms with Crippen molar-refractivity contribution in [3.05, 3.63) is 44.8 Å². The standard InChI is InChI=1S/C13H12O2S2/c1-9(13(15)12-5-3-7-17-12)8-10(14)11-4-2-6-16-11/h2-7,9H,8H2,1H3/t9-/m1/s1. The van der Waals surface area contributed by atoms with E-state index in [1.54, 1.807) is 12.1 Å². The van der Waals surface area contributed by atoms with E-state index in [4.69, 9.17) is 0 Å². The van der Waals surface area contributed by atoms with E-state index in [1.165, 1.54) is 22.7 Å². The van der Waals surface area contributed by atoms with Gasteiger partial charge in [0.25, 0.3) is 0 Å². The molecule has 0 aliphatic carbocycles. The first kappa shape index (κ1) is 12.2. The van der Waals surface area contributed by atoms with E-state index in [2.05, 4.69) is 0 Å². The Morgan fingerprint density at radius 1 is 1.12 bits per heavy atom. The predicted octanol–water partition coefficient (Wildman–Crippen LogP) is 3.90. The Balaban J connectivity index is 2.00. The number of carbonyl (C=O) groups is 2. The van der Waals surface area contributed by atoms with E-state index in [9.17, 15) is 9.59 Å². The van der Waals surface area contributed by atoms with Crippen LogP contribution < -0.4 is 0 Å². The summed E-state index contributed by atoms with van der Waals surface area (Å²) in [7, 11) is 0. The van der Waals surface area contributed by atoms with E-state index >= 15 is 0 Å². The third-order valence-electron chi connectivity index (χ3n) is 2.50. The van der Waals surface area contributed by atoms with Gasteiger partial charge in [-0.25, -0.2) is 0 Å². The zero-order valence-electron chi connectivity index (χ0n) is 9.38. The summed E-state index contributed by atoms with van der Waals surface area (Å²) in [6.45, 7) is 1.81. The van der Waals surface area contributed by atoms with Gasteiger partial charge >= 0.3 is 0 Å². The second-order valence-corrected chi connectivity index (χ2v) is 5.74. The van der Waals surface area contributed by atoms with Gasteiger partial charge in [0.05, 0.1) is 9.75 Å². The molecule has 88 valence electrons. The second kappa shape index (κ2) is 5.38. The van der Waals surface area contributed by atoms with Crippen LogP contribution in [0.25, 0.3) is 0 Å². The molecule has 0 saturated carbocycles. The van der Waals surface area contributed by atoms with Crippen LogP contribution in [0.15, 0.2) is 35.0 Å². The molecular formula is C13H12O2S2. The molecule has 0 aromatic carbocycles. The molecule has 0 bridgehead atoms. The van der Waals surface area contributed by atoms with Crippen molar-refractivity contribution >= 4 is 34.2 Å². The molecule has 2 nitrogen and oxygen atoms in total. The highest BCUT2D eigenvalue weighted by atomic mass is 32.1. The Hall–Kier alpha value is -1.26. The van der Waals surface area contributed by atoms with Crippen molar-refractivity contribution in [1.82, 2.24) is 0 Å². The number of thiophene rings is 2. The Morgan fingerprint density at radius 2 is 1.71 bits per heavy atom. The molecular weight excluding hydrogens is 252 g/mol. The third kappa shape index (κ3) is 2.90. The Labute approximate surface area is 108 Å². The molecule has 2 heterocycles. The van der Waals surface area contributed by atoms with Crippen LogP contribution in [-0.2, 0) is 0 Å². The topological polar surface area (TPSA) is 34.1 Å². The molecule has 0 spiro atoms. The minimum atomic E-state index is -0.247. The van der Waals surface area contributed by atoms with Crippen molar-refractivity contribution in [2.75, 3.05) is 0 Å². The first-order valence-corrected chi connectivity index (χ1v) is 7.09. The summed E-state index contributed by atoms with van der Waals surface area (Å²) in [5.74, 6) is -0.134. The van der Waals surface area contributed by atoms with Gasteiger partial charge in [-0.05, 0) is 22.9 Å². The average molecular weight is 264 g/mol. The highest BCUT2D eigenvalue weighted by Gasteiger charge is 2.20. The smallest absolute Gasteiger partial charge is 0.176 e. The zero-order valence-corrected chi connectivity index (χ0v) is 11.0. The van der Waals surface area contributed by atoms with Crippen LogP contribution in [0.1, 0.15) is 32.7 Å². The van der Waals surface area contributed by atoms with Crippen LogP contribution in [0, 0.1) is 5.92 Å². The fourth-order valence-corrected chi connectivity index (χ4v) is 3.02. The quantitative estimate of drug-likeness (QED) is 0.767. The summed E-state index contributed by atoms with van der Waals surface area (Å²) < 4.78 is 0. The van der Waals surface area contributed by atoms with Gasteiger partial charge in [0, 0.05) is 12.3 Å². The van der Waals surface area contributed by atoms with Crippen molar-refractivity contribution < 1.29 is 9.59 Å². The molecule has 0 aliphatic rings. The Morgan fingerprint density at radius 3 is 2.24 bits per heavy atom. The lowest BCUT2D eigenvalue weighted by atomic mass is 9.98. The third-order valence-corrected chi connectivity index (χ3v) is 4.29. The maximum absolute atomic E-state index is 12.0. The van der Waals surface area contributed by atoms with Gasteiger partial charge in [-0.3, -0.25) is 9.59 Å². The summed E-state index contributed by atoms with van der Waals surface area (Å²) in [6.07, 6.45) is 0.289. The van der Waals surface area contributed by atoms with Gasteiger partial charge in [-0.15, -0.1) is 22.7 Å². The molecule has 0 unspecified atom stereocenters. The molecule has 0 amide bonds. The van der Waals surface area contributed by atoms with E-state index in [0.717, 1.165) is 9.75 Å². The number of carbonyl (C=O) groups excluding carboxylic acids is 2. The van der Waals surface area contributed by atoms with Gasteiger partial charge < -0.3 is 0 Å². The predicted molar refractivity (Wildman–Crippen MR) is 71.1 cm³/mol. The molecule has 17 heavy (non-hydrogen) atoms. The zero-order chi connectivity index (χ0) is 12.3. The first-order chi connectivity index (χ1) is 8.18. The number of Topliss-reactive ketones (excluding diaryl/α,β-unsaturated/α-hetero) is 2. The lowest BCUT2D eigenvalue weighted by Crippen LogP contribution is -2.14. The fraction of sp³-hybridized carbons (Fsp3) is 0.231. The number of hydrogen-bond acceptors (Lipinski definition) is 4. The summed E-state index contributed by atoms with van der Waals surface area (Å²) in [5.41, 5.74) is 0. The van der Waals surface area contributed by atoms with Crippen LogP contribution in [0.4, 0.5) is 0 Å². The molecule has 2 aromatic heterocycles. The van der Waals surface area contributed by atoms with Crippen LogP contribution in [-0.4, -0.2) is 11.6 Å². The first-order valence-electron chi connectivity index (χ1n) is 5.33. The maximum atomic E-state index is 12.0. The van der Waals surface area contributed by atoms with Crippen LogP contribution in [0.5, 0.6) is 0 Å². The molecule has 0 radical (unpaired) electrons. The van der Waals surface area contributed by atoms with E-state index in [0.29, 0.717) is 0 Å². The normalized spacial score (nSPS) is 12.3. The highest BCUT2D eigenvalue weighted by Crippen LogP contribution is 2.20. The van der Waals surface area contributed by atoms with Crippen molar-refractivity contribution in [1.29, 1.82) is 0 Å². The molecule has 0 N–H and O–H groups in total. The minimum absolute atomic E-state index is 0.0532. The lowest BCUT2D eigenvalue weighted by molar-refractivity contribution is 0.0867. The maximum Gasteiger partial charge on any atom is 0.176 e. The summed E-state index contributed by atoms with van der Waals surface area (Å²) in [5, 5.41) is 3.75. The number of hydrogen-bond donors (Lipinski definition) is 0. The molecule has 2 aromatic rings. The Bertz CT molecular complexity index is 498. The molecule has 4 heteroatoms. The van der Waals surface area contributed by atoms with E-state index < -0.39 is 0 Å².